The molecule has 0 fully saturated rings. The van der Waals surface area contributed by atoms with Crippen molar-refractivity contribution in [2.45, 2.75) is 6.54 Å². The Bertz CT molecular complexity index is 927. The van der Waals surface area contributed by atoms with E-state index < -0.39 is 0 Å². The third-order valence-electron chi connectivity index (χ3n) is 4.55. The molecule has 0 bridgehead atoms. The van der Waals surface area contributed by atoms with Gasteiger partial charge in [-0.25, -0.2) is 0 Å². The van der Waals surface area contributed by atoms with Gasteiger partial charge < -0.3 is 24.3 Å². The van der Waals surface area contributed by atoms with Gasteiger partial charge in [-0.15, -0.1) is 0 Å². The molecule has 0 saturated carbocycles. The second-order valence-electron chi connectivity index (χ2n) is 6.02. The van der Waals surface area contributed by atoms with Gasteiger partial charge in [-0.05, 0) is 39.6 Å². The first-order chi connectivity index (χ1) is 13.2. The van der Waals surface area contributed by atoms with Crippen molar-refractivity contribution in [2.24, 2.45) is 0 Å². The number of aldehydes is 1. The summed E-state index contributed by atoms with van der Waals surface area (Å²) < 4.78 is 16.4. The minimum atomic E-state index is 0.303. The Morgan fingerprint density at radius 3 is 2.26 bits per heavy atom. The van der Waals surface area contributed by atoms with Gasteiger partial charge in [0.2, 0.25) is 5.75 Å². The van der Waals surface area contributed by atoms with Crippen molar-refractivity contribution in [3.8, 4) is 28.4 Å². The van der Waals surface area contributed by atoms with E-state index in [1.54, 1.807) is 21.3 Å². The van der Waals surface area contributed by atoms with Gasteiger partial charge in [0.25, 0.3) is 0 Å². The molecule has 0 aliphatic rings. The lowest BCUT2D eigenvalue weighted by Crippen LogP contribution is -2.16. The topological polar surface area (TPSA) is 56.8 Å². The van der Waals surface area contributed by atoms with Crippen molar-refractivity contribution in [3.63, 3.8) is 0 Å². The first kappa shape index (κ1) is 18.7. The number of nitrogens with one attached hydrogen (secondary N) is 1. The summed E-state index contributed by atoms with van der Waals surface area (Å²) in [4.78, 5) is 10.7. The number of hydrogen-bond donors (Lipinski definition) is 1. The zero-order valence-corrected chi connectivity index (χ0v) is 15.7. The maximum atomic E-state index is 10.7. The van der Waals surface area contributed by atoms with Crippen LogP contribution in [0.25, 0.3) is 21.9 Å². The number of benzene rings is 3. The molecule has 5 nitrogen and oxygen atoms in total. The highest BCUT2D eigenvalue weighted by molar-refractivity contribution is 5.92. The predicted octanol–water partition coefficient (Wildman–Crippen LogP) is 3.82. The fraction of sp³-hybridized carbons (Fsp3) is 0.227. The number of rotatable bonds is 8. The van der Waals surface area contributed by atoms with Gasteiger partial charge in [0.15, 0.2) is 11.5 Å². The second kappa shape index (κ2) is 8.56. The lowest BCUT2D eigenvalue weighted by Gasteiger charge is -2.17. The van der Waals surface area contributed by atoms with Gasteiger partial charge in [0, 0.05) is 6.54 Å². The molecule has 0 heterocycles. The van der Waals surface area contributed by atoms with E-state index in [4.69, 9.17) is 14.2 Å². The molecule has 0 aromatic heterocycles. The van der Waals surface area contributed by atoms with Crippen LogP contribution in [0, 0.1) is 0 Å². The molecule has 0 aliphatic carbocycles. The molecular formula is C22H23NO4. The lowest BCUT2D eigenvalue weighted by molar-refractivity contribution is -0.107. The van der Waals surface area contributed by atoms with Crippen LogP contribution in [0.3, 0.4) is 0 Å². The summed E-state index contributed by atoms with van der Waals surface area (Å²) in [6.45, 7) is 0.879. The quantitative estimate of drug-likeness (QED) is 0.486. The summed E-state index contributed by atoms with van der Waals surface area (Å²) in [5.74, 6) is 1.77. The molecule has 0 radical (unpaired) electrons. The van der Waals surface area contributed by atoms with Crippen LogP contribution in [0.2, 0.25) is 0 Å². The number of methoxy groups -OCH3 is 3. The van der Waals surface area contributed by atoms with Gasteiger partial charge in [-0.1, -0.05) is 36.4 Å². The zero-order chi connectivity index (χ0) is 19.2. The Balaban J connectivity index is 2.21. The third-order valence-corrected chi connectivity index (χ3v) is 4.55. The summed E-state index contributed by atoms with van der Waals surface area (Å²) in [6, 6.07) is 16.3. The maximum Gasteiger partial charge on any atom is 0.203 e. The highest BCUT2D eigenvalue weighted by atomic mass is 16.5. The second-order valence-corrected chi connectivity index (χ2v) is 6.02. The summed E-state index contributed by atoms with van der Waals surface area (Å²) in [7, 11) is 4.80. The Kier molecular flexibility index (Phi) is 5.94. The molecular weight excluding hydrogens is 342 g/mol. The molecule has 3 aromatic rings. The molecule has 0 saturated heterocycles. The average Bonchev–Trinajstić information content (AvgIpc) is 2.72. The van der Waals surface area contributed by atoms with E-state index >= 15 is 0 Å². The summed E-state index contributed by atoms with van der Waals surface area (Å²) in [6.07, 6.45) is 0.865. The van der Waals surface area contributed by atoms with E-state index in [9.17, 15) is 4.79 Å². The van der Waals surface area contributed by atoms with E-state index in [1.165, 1.54) is 0 Å². The first-order valence-corrected chi connectivity index (χ1v) is 8.68. The number of carbonyl (C=O) groups is 1. The molecule has 0 unspecified atom stereocenters. The van der Waals surface area contributed by atoms with Crippen LogP contribution in [0.1, 0.15) is 5.56 Å². The van der Waals surface area contributed by atoms with Crippen molar-refractivity contribution in [1.82, 2.24) is 5.32 Å². The predicted molar refractivity (Wildman–Crippen MR) is 107 cm³/mol. The number of carbonyl (C=O) groups excluding carboxylic acids is 1. The van der Waals surface area contributed by atoms with Gasteiger partial charge in [0.05, 0.1) is 27.9 Å². The van der Waals surface area contributed by atoms with E-state index in [-0.39, 0.29) is 0 Å². The van der Waals surface area contributed by atoms with Crippen molar-refractivity contribution in [3.05, 3.63) is 54.1 Å². The van der Waals surface area contributed by atoms with Crippen LogP contribution < -0.4 is 19.5 Å². The Labute approximate surface area is 158 Å². The first-order valence-electron chi connectivity index (χ1n) is 8.68. The van der Waals surface area contributed by atoms with E-state index in [0.717, 1.165) is 33.7 Å². The molecule has 3 rings (SSSR count). The van der Waals surface area contributed by atoms with Gasteiger partial charge in [-0.3, -0.25) is 0 Å². The highest BCUT2D eigenvalue weighted by Gasteiger charge is 2.17. The van der Waals surface area contributed by atoms with E-state index in [2.05, 4.69) is 29.6 Å². The lowest BCUT2D eigenvalue weighted by atomic mass is 9.93. The van der Waals surface area contributed by atoms with Crippen molar-refractivity contribution >= 4 is 17.1 Å². The van der Waals surface area contributed by atoms with Gasteiger partial charge >= 0.3 is 0 Å². The Morgan fingerprint density at radius 1 is 0.926 bits per heavy atom. The van der Waals surface area contributed by atoms with E-state index in [1.807, 2.05) is 24.3 Å². The summed E-state index contributed by atoms with van der Waals surface area (Å²) in [5.41, 5.74) is 3.12. The third kappa shape index (κ3) is 3.73. The minimum Gasteiger partial charge on any atom is -0.493 e. The standard InChI is InChI=1S/C22H23NO4/c1-25-20-12-16(13-21(26-2)22(20)27-3)18-9-8-15-6-4-5-7-17(15)19(18)14-23-10-11-24/h4-9,11-13,23H,10,14H2,1-3H3. The normalized spacial score (nSPS) is 10.6. The molecule has 27 heavy (non-hydrogen) atoms. The van der Waals surface area contributed by atoms with Crippen LogP contribution in [0.4, 0.5) is 0 Å². The minimum absolute atomic E-state index is 0.303. The Hall–Kier alpha value is -3.05. The van der Waals surface area contributed by atoms with Crippen LogP contribution in [-0.2, 0) is 11.3 Å². The van der Waals surface area contributed by atoms with E-state index in [0.29, 0.717) is 30.3 Å². The highest BCUT2D eigenvalue weighted by Crippen LogP contribution is 2.42. The fourth-order valence-electron chi connectivity index (χ4n) is 3.29. The van der Waals surface area contributed by atoms with Gasteiger partial charge in [0.1, 0.15) is 6.29 Å². The molecule has 0 amide bonds. The molecule has 140 valence electrons. The number of fused-ring (bicyclic) bond motifs is 1. The monoisotopic (exact) mass is 365 g/mol. The number of ether oxygens (including phenoxy) is 3. The maximum absolute atomic E-state index is 10.7. The fourth-order valence-corrected chi connectivity index (χ4v) is 3.29. The molecule has 0 spiro atoms. The van der Waals surface area contributed by atoms with Crippen molar-refractivity contribution in [2.75, 3.05) is 27.9 Å². The summed E-state index contributed by atoms with van der Waals surface area (Å²) >= 11 is 0. The SMILES string of the molecule is COc1cc(-c2ccc3ccccc3c2CNCC=O)cc(OC)c1OC. The molecule has 1 N–H and O–H groups in total. The number of hydrogen-bond acceptors (Lipinski definition) is 5. The van der Waals surface area contributed by atoms with Gasteiger partial charge in [-0.2, -0.15) is 0 Å². The molecule has 3 aromatic carbocycles. The molecule has 0 aliphatic heterocycles. The zero-order valence-electron chi connectivity index (χ0n) is 15.7. The van der Waals surface area contributed by atoms with Crippen molar-refractivity contribution in [1.29, 1.82) is 0 Å². The smallest absolute Gasteiger partial charge is 0.203 e. The van der Waals surface area contributed by atoms with Crippen LogP contribution in [0.5, 0.6) is 17.2 Å². The van der Waals surface area contributed by atoms with Crippen LogP contribution in [0.15, 0.2) is 48.5 Å². The van der Waals surface area contributed by atoms with Crippen molar-refractivity contribution < 1.29 is 19.0 Å². The summed E-state index contributed by atoms with van der Waals surface area (Å²) in [5, 5.41) is 5.47. The van der Waals surface area contributed by atoms with Crippen LogP contribution in [-0.4, -0.2) is 34.2 Å². The largest absolute Gasteiger partial charge is 0.493 e. The molecule has 0 atom stereocenters. The molecule has 5 heteroatoms. The van der Waals surface area contributed by atoms with Crippen LogP contribution >= 0.6 is 0 Å². The Morgan fingerprint density at radius 2 is 1.63 bits per heavy atom. The average molecular weight is 365 g/mol.